The molecule has 0 N–H and O–H groups in total. The van der Waals surface area contributed by atoms with E-state index in [1.807, 2.05) is 0 Å². The summed E-state index contributed by atoms with van der Waals surface area (Å²) in [5.74, 6) is 0. The second-order valence-corrected chi connectivity index (χ2v) is 3.78. The zero-order chi connectivity index (χ0) is 6.85. The topological polar surface area (TPSA) is 0 Å². The monoisotopic (exact) mass is 225 g/mol. The summed E-state index contributed by atoms with van der Waals surface area (Å²) in [6, 6.07) is 6.45. The molecule has 1 aromatic rings. The Labute approximate surface area is 69.4 Å². The third-order valence-corrected chi connectivity index (χ3v) is 3.15. The van der Waals surface area contributed by atoms with Gasteiger partial charge in [-0.3, -0.25) is 0 Å². The van der Waals surface area contributed by atoms with E-state index in [0.717, 1.165) is 0 Å². The quantitative estimate of drug-likeness (QED) is 0.578. The van der Waals surface area contributed by atoms with Gasteiger partial charge in [-0.15, -0.1) is 0 Å². The van der Waals surface area contributed by atoms with Gasteiger partial charge in [-0.25, -0.2) is 0 Å². The summed E-state index contributed by atoms with van der Waals surface area (Å²) in [6.45, 7) is 4.34. The summed E-state index contributed by atoms with van der Waals surface area (Å²) >= 11 is 1.51. The molecule has 9 heavy (non-hydrogen) atoms. The molecule has 0 saturated heterocycles. The van der Waals surface area contributed by atoms with E-state index >= 15 is 0 Å². The summed E-state index contributed by atoms with van der Waals surface area (Å²) in [5.41, 5.74) is 2.86. The van der Waals surface area contributed by atoms with E-state index < -0.39 is 0 Å². The van der Waals surface area contributed by atoms with Gasteiger partial charge < -0.3 is 0 Å². The molecule has 1 rings (SSSR count). The summed E-state index contributed by atoms with van der Waals surface area (Å²) in [7, 11) is 0. The average Bonchev–Trinajstić information content (AvgIpc) is 1.83. The summed E-state index contributed by atoms with van der Waals surface area (Å²) in [4.78, 5) is 0. The first-order valence-electron chi connectivity index (χ1n) is 2.99. The van der Waals surface area contributed by atoms with Gasteiger partial charge in [-0.1, -0.05) is 0 Å². The maximum atomic E-state index is 2.18. The van der Waals surface area contributed by atoms with Crippen LogP contribution in [0.3, 0.4) is 0 Å². The zero-order valence-corrected chi connectivity index (χ0v) is 8.59. The van der Waals surface area contributed by atoms with Gasteiger partial charge in [0.05, 0.1) is 0 Å². The number of benzene rings is 1. The first-order chi connectivity index (χ1) is 4.22. The molecule has 0 unspecified atom stereocenters. The van der Waals surface area contributed by atoms with Crippen LogP contribution in [-0.2, 0) is 0 Å². The molecule has 0 heterocycles. The van der Waals surface area contributed by atoms with Crippen LogP contribution in [0.5, 0.6) is 0 Å². The van der Waals surface area contributed by atoms with Gasteiger partial charge in [-0.05, 0) is 0 Å². The SMILES string of the molecule is Cc1ccc[c]([Sn])c1C. The Morgan fingerprint density at radius 2 is 1.89 bits per heavy atom. The Morgan fingerprint density at radius 1 is 1.22 bits per heavy atom. The Hall–Kier alpha value is 0.0187. The predicted octanol–water partition coefficient (Wildman–Crippen LogP) is 1.10. The fraction of sp³-hybridized carbons (Fsp3) is 0.250. The molecule has 0 atom stereocenters. The van der Waals surface area contributed by atoms with Gasteiger partial charge in [0, 0.05) is 0 Å². The first-order valence-corrected chi connectivity index (χ1v) is 4.42. The summed E-state index contributed by atoms with van der Waals surface area (Å²) < 4.78 is 1.47. The number of hydrogen-bond donors (Lipinski definition) is 0. The van der Waals surface area contributed by atoms with Gasteiger partial charge >= 0.3 is 69.3 Å². The molecule has 0 aliphatic rings. The van der Waals surface area contributed by atoms with Crippen molar-refractivity contribution in [2.24, 2.45) is 0 Å². The molecule has 3 radical (unpaired) electrons. The molecule has 0 fully saturated rings. The van der Waals surface area contributed by atoms with Crippen LogP contribution >= 0.6 is 0 Å². The molecule has 45 valence electrons. The molecule has 0 amide bonds. The molecule has 1 heteroatoms. The molecule has 0 spiro atoms. The standard InChI is InChI=1S/C8H9.Sn/c1-7-5-3-4-6-8(7)2;/h3-5H,1-2H3;. The Balaban J connectivity index is 3.25. The van der Waals surface area contributed by atoms with Gasteiger partial charge in [0.2, 0.25) is 0 Å². The van der Waals surface area contributed by atoms with Crippen molar-refractivity contribution in [3.8, 4) is 0 Å². The molecule has 0 aromatic heterocycles. The normalized spacial score (nSPS) is 9.67. The van der Waals surface area contributed by atoms with E-state index in [-0.39, 0.29) is 0 Å². The minimum atomic E-state index is 1.41. The maximum absolute atomic E-state index is 2.18. The Bertz CT molecular complexity index is 196. The van der Waals surface area contributed by atoms with Gasteiger partial charge in [0.25, 0.3) is 0 Å². The van der Waals surface area contributed by atoms with Crippen LogP contribution < -0.4 is 3.58 Å². The third-order valence-electron chi connectivity index (χ3n) is 1.60. The molecule has 0 bridgehead atoms. The molecule has 0 aliphatic heterocycles. The van der Waals surface area contributed by atoms with Crippen molar-refractivity contribution in [1.82, 2.24) is 0 Å². The summed E-state index contributed by atoms with van der Waals surface area (Å²) in [5, 5.41) is 0. The van der Waals surface area contributed by atoms with Crippen molar-refractivity contribution in [3.63, 3.8) is 0 Å². The van der Waals surface area contributed by atoms with Crippen LogP contribution in [0.15, 0.2) is 18.2 Å². The van der Waals surface area contributed by atoms with Crippen LogP contribution in [0.1, 0.15) is 11.1 Å². The van der Waals surface area contributed by atoms with Crippen molar-refractivity contribution in [2.45, 2.75) is 13.8 Å². The number of hydrogen-bond acceptors (Lipinski definition) is 0. The molecule has 0 saturated carbocycles. The van der Waals surface area contributed by atoms with Crippen molar-refractivity contribution in [2.75, 3.05) is 0 Å². The van der Waals surface area contributed by atoms with Gasteiger partial charge in [0.15, 0.2) is 0 Å². The molecular weight excluding hydrogens is 215 g/mol. The van der Waals surface area contributed by atoms with E-state index in [4.69, 9.17) is 0 Å². The van der Waals surface area contributed by atoms with E-state index in [1.165, 1.54) is 37.2 Å². The second-order valence-electron chi connectivity index (χ2n) is 2.25. The number of aryl methyl sites for hydroxylation is 1. The molecule has 0 aliphatic carbocycles. The fourth-order valence-electron chi connectivity index (χ4n) is 0.751. The zero-order valence-electron chi connectivity index (χ0n) is 5.73. The van der Waals surface area contributed by atoms with Crippen molar-refractivity contribution in [1.29, 1.82) is 0 Å². The van der Waals surface area contributed by atoms with Crippen molar-refractivity contribution in [3.05, 3.63) is 29.3 Å². The Kier molecular flexibility index (Phi) is 2.17. The molecule has 0 nitrogen and oxygen atoms in total. The van der Waals surface area contributed by atoms with Crippen LogP contribution in [-0.4, -0.2) is 22.5 Å². The van der Waals surface area contributed by atoms with Crippen molar-refractivity contribution < 1.29 is 0 Å². The first kappa shape index (κ1) is 7.13. The van der Waals surface area contributed by atoms with Crippen molar-refractivity contribution >= 4 is 26.1 Å². The van der Waals surface area contributed by atoms with Crippen LogP contribution in [0.4, 0.5) is 0 Å². The summed E-state index contributed by atoms with van der Waals surface area (Å²) in [6.07, 6.45) is 0. The van der Waals surface area contributed by atoms with E-state index in [9.17, 15) is 0 Å². The van der Waals surface area contributed by atoms with Crippen LogP contribution in [0.2, 0.25) is 0 Å². The minimum absolute atomic E-state index is 1.41. The van der Waals surface area contributed by atoms with Crippen LogP contribution in [0.25, 0.3) is 0 Å². The third kappa shape index (κ3) is 1.48. The molecular formula is C8H9Sn. The van der Waals surface area contributed by atoms with Gasteiger partial charge in [-0.2, -0.15) is 0 Å². The predicted molar refractivity (Wildman–Crippen MR) is 41.3 cm³/mol. The van der Waals surface area contributed by atoms with E-state index in [1.54, 1.807) is 0 Å². The van der Waals surface area contributed by atoms with Gasteiger partial charge in [0.1, 0.15) is 0 Å². The second kappa shape index (κ2) is 2.73. The number of rotatable bonds is 0. The van der Waals surface area contributed by atoms with E-state index in [0.29, 0.717) is 0 Å². The van der Waals surface area contributed by atoms with Crippen LogP contribution in [0, 0.1) is 13.8 Å². The fourth-order valence-corrected chi connectivity index (χ4v) is 1.59. The average molecular weight is 224 g/mol. The Morgan fingerprint density at radius 3 is 2.33 bits per heavy atom. The van der Waals surface area contributed by atoms with E-state index in [2.05, 4.69) is 32.0 Å². The molecule has 1 aromatic carbocycles.